The van der Waals surface area contributed by atoms with Gasteiger partial charge in [0.1, 0.15) is 5.82 Å². The number of nitrogens with one attached hydrogen (secondary N) is 2. The van der Waals surface area contributed by atoms with Crippen molar-refractivity contribution in [3.8, 4) is 0 Å². The summed E-state index contributed by atoms with van der Waals surface area (Å²) in [6.45, 7) is 0. The number of carbonyl (C=O) groups is 2. The molecule has 0 spiro atoms. The van der Waals surface area contributed by atoms with Crippen molar-refractivity contribution >= 4 is 23.7 Å². The summed E-state index contributed by atoms with van der Waals surface area (Å²) >= 11 is 0. The first-order valence-corrected chi connectivity index (χ1v) is 6.10. The molecule has 0 saturated heterocycles. The van der Waals surface area contributed by atoms with E-state index in [0.717, 1.165) is 5.56 Å². The molecule has 0 radical (unpaired) electrons. The van der Waals surface area contributed by atoms with Crippen LogP contribution in [0.15, 0.2) is 59.7 Å². The van der Waals surface area contributed by atoms with Crippen molar-refractivity contribution in [1.29, 1.82) is 0 Å². The lowest BCUT2D eigenvalue weighted by Gasteiger charge is -2.03. The first-order valence-electron chi connectivity index (χ1n) is 6.10. The molecule has 0 aliphatic carbocycles. The van der Waals surface area contributed by atoms with E-state index >= 15 is 0 Å². The molecule has 0 atom stereocenters. The van der Waals surface area contributed by atoms with Crippen LogP contribution in [-0.4, -0.2) is 18.0 Å². The Balaban J connectivity index is 1.87. The van der Waals surface area contributed by atoms with Gasteiger partial charge in [0.25, 0.3) is 0 Å². The van der Waals surface area contributed by atoms with Gasteiger partial charge in [0.15, 0.2) is 0 Å². The second kappa shape index (κ2) is 6.95. The molecule has 0 unspecified atom stereocenters. The smallest absolute Gasteiger partial charge is 0.318 e. The summed E-state index contributed by atoms with van der Waals surface area (Å²) in [6, 6.07) is 14.2. The molecule has 21 heavy (non-hydrogen) atoms. The molecule has 0 heterocycles. The van der Waals surface area contributed by atoms with Crippen molar-refractivity contribution in [2.45, 2.75) is 0 Å². The second-order valence-corrected chi connectivity index (χ2v) is 4.07. The molecule has 2 rings (SSSR count). The van der Waals surface area contributed by atoms with Gasteiger partial charge in [-0.2, -0.15) is 5.10 Å². The van der Waals surface area contributed by atoms with Gasteiger partial charge in [-0.1, -0.05) is 30.3 Å². The molecule has 0 fully saturated rings. The zero-order valence-corrected chi connectivity index (χ0v) is 10.9. The highest BCUT2D eigenvalue weighted by Crippen LogP contribution is 2.07. The number of hydrogen-bond donors (Lipinski definition) is 2. The van der Waals surface area contributed by atoms with Gasteiger partial charge in [-0.15, -0.1) is 0 Å². The molecular formula is C15H12FN3O2. The third kappa shape index (κ3) is 4.54. The number of anilines is 1. The number of hydrazone groups is 1. The Morgan fingerprint density at radius 2 is 1.62 bits per heavy atom. The van der Waals surface area contributed by atoms with Crippen LogP contribution >= 0.6 is 0 Å². The molecule has 2 aromatic carbocycles. The van der Waals surface area contributed by atoms with Crippen LogP contribution in [0.25, 0.3) is 0 Å². The Labute approximate surface area is 120 Å². The molecule has 106 valence electrons. The topological polar surface area (TPSA) is 70.6 Å². The molecule has 6 heteroatoms. The number of halogens is 1. The van der Waals surface area contributed by atoms with E-state index in [9.17, 15) is 14.0 Å². The van der Waals surface area contributed by atoms with Gasteiger partial charge in [-0.3, -0.25) is 9.59 Å². The molecular weight excluding hydrogens is 273 g/mol. The van der Waals surface area contributed by atoms with Crippen molar-refractivity contribution in [2.24, 2.45) is 5.10 Å². The summed E-state index contributed by atoms with van der Waals surface area (Å²) in [4.78, 5) is 23.0. The lowest BCUT2D eigenvalue weighted by Crippen LogP contribution is -2.32. The Morgan fingerprint density at radius 1 is 0.952 bits per heavy atom. The normalized spacial score (nSPS) is 10.3. The molecule has 5 nitrogen and oxygen atoms in total. The molecule has 2 N–H and O–H groups in total. The molecule has 0 bridgehead atoms. The largest absolute Gasteiger partial charge is 0.329 e. The molecule has 0 aliphatic heterocycles. The fourth-order valence-electron chi connectivity index (χ4n) is 1.48. The standard InChI is InChI=1S/C15H12FN3O2/c16-12-6-8-13(9-7-12)18-14(20)15(21)19-17-10-11-4-2-1-3-5-11/h1-10H,(H,18,20)(H,19,21)/b17-10-. The van der Waals surface area contributed by atoms with Gasteiger partial charge < -0.3 is 5.32 Å². The van der Waals surface area contributed by atoms with Crippen molar-refractivity contribution in [2.75, 3.05) is 5.32 Å². The first kappa shape index (κ1) is 14.4. The van der Waals surface area contributed by atoms with Crippen LogP contribution in [0.2, 0.25) is 0 Å². The quantitative estimate of drug-likeness (QED) is 0.514. The van der Waals surface area contributed by atoms with Gasteiger partial charge in [-0.05, 0) is 29.8 Å². The first-order chi connectivity index (χ1) is 10.1. The number of carbonyl (C=O) groups excluding carboxylic acids is 2. The Hall–Kier alpha value is -3.02. The summed E-state index contributed by atoms with van der Waals surface area (Å²) in [5.74, 6) is -2.22. The maximum absolute atomic E-state index is 12.7. The SMILES string of the molecule is O=C(N/N=C\c1ccccc1)C(=O)Nc1ccc(F)cc1. The van der Waals surface area contributed by atoms with E-state index in [1.54, 1.807) is 12.1 Å². The third-order valence-electron chi connectivity index (χ3n) is 2.49. The van der Waals surface area contributed by atoms with Crippen LogP contribution in [0.4, 0.5) is 10.1 Å². The van der Waals surface area contributed by atoms with Crippen molar-refractivity contribution < 1.29 is 14.0 Å². The van der Waals surface area contributed by atoms with Crippen LogP contribution < -0.4 is 10.7 Å². The van der Waals surface area contributed by atoms with E-state index in [0.29, 0.717) is 5.69 Å². The monoisotopic (exact) mass is 285 g/mol. The minimum Gasteiger partial charge on any atom is -0.318 e. The minimum absolute atomic E-state index is 0.323. The molecule has 2 amide bonds. The van der Waals surface area contributed by atoms with Crippen molar-refractivity contribution in [3.63, 3.8) is 0 Å². The van der Waals surface area contributed by atoms with E-state index < -0.39 is 17.6 Å². The summed E-state index contributed by atoms with van der Waals surface area (Å²) < 4.78 is 12.7. The second-order valence-electron chi connectivity index (χ2n) is 4.07. The maximum Gasteiger partial charge on any atom is 0.329 e. The number of hydrogen-bond acceptors (Lipinski definition) is 3. The molecule has 2 aromatic rings. The average molecular weight is 285 g/mol. The van der Waals surface area contributed by atoms with E-state index in [2.05, 4.69) is 15.8 Å². The van der Waals surface area contributed by atoms with Gasteiger partial charge in [0.2, 0.25) is 0 Å². The van der Waals surface area contributed by atoms with Gasteiger partial charge >= 0.3 is 11.8 Å². The molecule has 0 aromatic heterocycles. The zero-order valence-electron chi connectivity index (χ0n) is 10.9. The van der Waals surface area contributed by atoms with E-state index in [1.165, 1.54) is 30.5 Å². The van der Waals surface area contributed by atoms with Gasteiger partial charge in [0, 0.05) is 5.69 Å². The highest BCUT2D eigenvalue weighted by Gasteiger charge is 2.12. The predicted molar refractivity (Wildman–Crippen MR) is 77.2 cm³/mol. The fourth-order valence-corrected chi connectivity index (χ4v) is 1.48. The van der Waals surface area contributed by atoms with Crippen LogP contribution in [-0.2, 0) is 9.59 Å². The van der Waals surface area contributed by atoms with Crippen molar-refractivity contribution in [3.05, 3.63) is 66.0 Å². The van der Waals surface area contributed by atoms with E-state index in [4.69, 9.17) is 0 Å². The Kier molecular flexibility index (Phi) is 4.76. The summed E-state index contributed by atoms with van der Waals surface area (Å²) in [5.41, 5.74) is 3.22. The number of amides is 2. The number of rotatable bonds is 3. The lowest BCUT2D eigenvalue weighted by molar-refractivity contribution is -0.136. The van der Waals surface area contributed by atoms with E-state index in [-0.39, 0.29) is 0 Å². The number of benzene rings is 2. The van der Waals surface area contributed by atoms with Gasteiger partial charge in [0.05, 0.1) is 6.21 Å². The van der Waals surface area contributed by atoms with Crippen molar-refractivity contribution in [1.82, 2.24) is 5.43 Å². The van der Waals surface area contributed by atoms with Crippen LogP contribution in [0, 0.1) is 5.82 Å². The highest BCUT2D eigenvalue weighted by molar-refractivity contribution is 6.39. The molecule has 0 saturated carbocycles. The zero-order chi connectivity index (χ0) is 15.1. The maximum atomic E-state index is 12.7. The summed E-state index contributed by atoms with van der Waals surface area (Å²) in [7, 11) is 0. The van der Waals surface area contributed by atoms with Crippen LogP contribution in [0.1, 0.15) is 5.56 Å². The fraction of sp³-hybridized carbons (Fsp3) is 0. The summed E-state index contributed by atoms with van der Waals surface area (Å²) in [6.07, 6.45) is 1.42. The van der Waals surface area contributed by atoms with E-state index in [1.807, 2.05) is 18.2 Å². The third-order valence-corrected chi connectivity index (χ3v) is 2.49. The summed E-state index contributed by atoms with van der Waals surface area (Å²) in [5, 5.41) is 6.00. The minimum atomic E-state index is -0.911. The highest BCUT2D eigenvalue weighted by atomic mass is 19.1. The Morgan fingerprint density at radius 3 is 2.29 bits per heavy atom. The average Bonchev–Trinajstić information content (AvgIpc) is 2.50. The Bertz CT molecular complexity index is 654. The molecule has 0 aliphatic rings. The number of nitrogens with zero attached hydrogens (tertiary/aromatic N) is 1. The predicted octanol–water partition coefficient (Wildman–Crippen LogP) is 1.91. The van der Waals surface area contributed by atoms with Crippen LogP contribution in [0.5, 0.6) is 0 Å². The van der Waals surface area contributed by atoms with Crippen LogP contribution in [0.3, 0.4) is 0 Å². The van der Waals surface area contributed by atoms with Gasteiger partial charge in [-0.25, -0.2) is 9.82 Å². The lowest BCUT2D eigenvalue weighted by atomic mass is 10.2.